The molecule has 11 aromatic rings. The quantitative estimate of drug-likeness (QED) is 0.118. The third kappa shape index (κ3) is 7.63. The average Bonchev–Trinajstić information content (AvgIpc) is 3.66. The highest BCUT2D eigenvalue weighted by molar-refractivity contribution is 6.22. The first-order valence-corrected chi connectivity index (χ1v) is 23.6. The number of anilines is 3. The maximum absolute atomic E-state index is 2.45. The summed E-state index contributed by atoms with van der Waals surface area (Å²) in [6.45, 7) is 9.21. The number of aromatic nitrogens is 1. The summed E-state index contributed by atoms with van der Waals surface area (Å²) in [6.07, 6.45) is 2.15. The van der Waals surface area contributed by atoms with Gasteiger partial charge in [0.15, 0.2) is 0 Å². The van der Waals surface area contributed by atoms with Gasteiger partial charge in [-0.2, -0.15) is 0 Å². The fourth-order valence-corrected chi connectivity index (χ4v) is 10.4. The van der Waals surface area contributed by atoms with Gasteiger partial charge in [-0.1, -0.05) is 167 Å². The topological polar surface area (TPSA) is 8.17 Å². The van der Waals surface area contributed by atoms with Gasteiger partial charge < -0.3 is 9.47 Å². The van der Waals surface area contributed by atoms with Crippen molar-refractivity contribution in [3.05, 3.63) is 230 Å². The monoisotopic (exact) mass is 850 g/mol. The number of benzene rings is 10. The SMILES string of the molecule is CC(C)Cc1ccc2c(c1)c1cc(CC(C)C)ccc1n2-c1ccc(N(c2ccccc2)c2ccc(-c3ccc4c(-c5ccccc5)c5ccccc5c(-c5ccccc5)c4c3)cc2)cc1. The number of para-hydroxylation sites is 1. The third-order valence-electron chi connectivity index (χ3n) is 13.2. The van der Waals surface area contributed by atoms with E-state index in [1.807, 2.05) is 0 Å². The van der Waals surface area contributed by atoms with Crippen molar-refractivity contribution >= 4 is 60.4 Å². The molecule has 1 heterocycles. The Morgan fingerprint density at radius 2 is 0.758 bits per heavy atom. The molecule has 2 nitrogen and oxygen atoms in total. The molecule has 0 aliphatic heterocycles. The largest absolute Gasteiger partial charge is 0.311 e. The Morgan fingerprint density at radius 3 is 1.27 bits per heavy atom. The average molecular weight is 851 g/mol. The Hall–Kier alpha value is -7.68. The van der Waals surface area contributed by atoms with Crippen molar-refractivity contribution in [1.29, 1.82) is 0 Å². The molecule has 2 heteroatoms. The van der Waals surface area contributed by atoms with E-state index in [0.29, 0.717) is 11.8 Å². The van der Waals surface area contributed by atoms with Gasteiger partial charge in [0, 0.05) is 33.5 Å². The van der Waals surface area contributed by atoms with Crippen LogP contribution in [0, 0.1) is 11.8 Å². The van der Waals surface area contributed by atoms with E-state index < -0.39 is 0 Å². The first-order chi connectivity index (χ1) is 32.4. The second-order valence-electron chi connectivity index (χ2n) is 18.8. The van der Waals surface area contributed by atoms with Crippen LogP contribution in [-0.4, -0.2) is 4.57 Å². The lowest BCUT2D eigenvalue weighted by Gasteiger charge is -2.26. The molecular weight excluding hydrogens is 797 g/mol. The molecule has 0 radical (unpaired) electrons. The predicted octanol–water partition coefficient (Wildman–Crippen LogP) is 18.0. The van der Waals surface area contributed by atoms with Crippen LogP contribution in [0.15, 0.2) is 218 Å². The molecule has 0 bridgehead atoms. The highest BCUT2D eigenvalue weighted by atomic mass is 15.1. The number of rotatable bonds is 11. The highest BCUT2D eigenvalue weighted by Gasteiger charge is 2.20. The molecule has 0 fully saturated rings. The van der Waals surface area contributed by atoms with Crippen LogP contribution in [0.1, 0.15) is 38.8 Å². The zero-order valence-electron chi connectivity index (χ0n) is 38.2. The number of hydrogen-bond acceptors (Lipinski definition) is 1. The van der Waals surface area contributed by atoms with Gasteiger partial charge in [0.25, 0.3) is 0 Å². The molecule has 0 saturated carbocycles. The second kappa shape index (κ2) is 17.4. The summed E-state index contributed by atoms with van der Waals surface area (Å²) in [5.41, 5.74) is 17.1. The van der Waals surface area contributed by atoms with Crippen LogP contribution in [0.4, 0.5) is 17.1 Å². The zero-order chi connectivity index (χ0) is 44.7. The van der Waals surface area contributed by atoms with Crippen molar-refractivity contribution in [2.24, 2.45) is 11.8 Å². The van der Waals surface area contributed by atoms with Gasteiger partial charge in [-0.05, 0) is 170 Å². The lowest BCUT2D eigenvalue weighted by molar-refractivity contribution is 0.647. The van der Waals surface area contributed by atoms with E-state index in [4.69, 9.17) is 0 Å². The van der Waals surface area contributed by atoms with Gasteiger partial charge in [-0.3, -0.25) is 0 Å². The van der Waals surface area contributed by atoms with Gasteiger partial charge in [-0.25, -0.2) is 0 Å². The van der Waals surface area contributed by atoms with Crippen LogP contribution in [0.3, 0.4) is 0 Å². The van der Waals surface area contributed by atoms with Crippen LogP contribution in [-0.2, 0) is 12.8 Å². The molecule has 10 aromatic carbocycles. The van der Waals surface area contributed by atoms with Crippen molar-refractivity contribution in [2.75, 3.05) is 4.90 Å². The lowest BCUT2D eigenvalue weighted by atomic mass is 9.85. The van der Waals surface area contributed by atoms with Gasteiger partial charge in [0.1, 0.15) is 0 Å². The fourth-order valence-electron chi connectivity index (χ4n) is 10.4. The predicted molar refractivity (Wildman–Crippen MR) is 284 cm³/mol. The molecule has 0 atom stereocenters. The van der Waals surface area contributed by atoms with Crippen LogP contribution < -0.4 is 4.90 Å². The molecule has 0 N–H and O–H groups in total. The van der Waals surface area contributed by atoms with Crippen molar-refractivity contribution in [3.8, 4) is 39.1 Å². The molecule has 1 aromatic heterocycles. The van der Waals surface area contributed by atoms with Gasteiger partial charge >= 0.3 is 0 Å². The van der Waals surface area contributed by atoms with E-state index in [1.54, 1.807) is 0 Å². The third-order valence-corrected chi connectivity index (χ3v) is 13.2. The number of fused-ring (bicyclic) bond motifs is 5. The minimum absolute atomic E-state index is 0.602. The van der Waals surface area contributed by atoms with Crippen molar-refractivity contribution < 1.29 is 0 Å². The molecule has 66 heavy (non-hydrogen) atoms. The summed E-state index contributed by atoms with van der Waals surface area (Å²) in [5, 5.41) is 7.69. The standard InChI is InChI=1S/C64H54N2/c1-43(2)38-45-24-36-61-58(40-45)59-41-46(39-44(3)4)25-37-62(59)66(61)54-33-31-53(32-34-54)65(51-20-12-7-13-21-51)52-29-26-47(27-30-52)50-28-35-57-60(42-50)64(49-18-10-6-11-19-49)56-23-15-14-22-55(56)63(57)48-16-8-5-9-17-48/h5-37,40-44H,38-39H2,1-4H3. The Morgan fingerprint density at radius 1 is 0.333 bits per heavy atom. The molecule has 0 unspecified atom stereocenters. The van der Waals surface area contributed by atoms with Crippen LogP contribution in [0.25, 0.3) is 82.4 Å². The summed E-state index contributed by atoms with van der Waals surface area (Å²) < 4.78 is 2.45. The summed E-state index contributed by atoms with van der Waals surface area (Å²) in [7, 11) is 0. The van der Waals surface area contributed by atoms with Crippen molar-refractivity contribution in [1.82, 2.24) is 4.57 Å². The molecule has 0 spiro atoms. The molecule has 0 amide bonds. The zero-order valence-corrected chi connectivity index (χ0v) is 38.2. The van der Waals surface area contributed by atoms with E-state index in [9.17, 15) is 0 Å². The number of nitrogens with zero attached hydrogens (tertiary/aromatic N) is 2. The van der Waals surface area contributed by atoms with Crippen LogP contribution >= 0.6 is 0 Å². The first kappa shape index (κ1) is 41.1. The fraction of sp³-hybridized carbons (Fsp3) is 0.125. The molecule has 0 aliphatic rings. The molecule has 0 saturated heterocycles. The Balaban J connectivity index is 0.995. The lowest BCUT2D eigenvalue weighted by Crippen LogP contribution is -2.10. The van der Waals surface area contributed by atoms with Crippen molar-refractivity contribution in [3.63, 3.8) is 0 Å². The minimum Gasteiger partial charge on any atom is -0.311 e. The second-order valence-corrected chi connectivity index (χ2v) is 18.8. The smallest absolute Gasteiger partial charge is 0.0541 e. The van der Waals surface area contributed by atoms with E-state index in [-0.39, 0.29) is 0 Å². The first-order valence-electron chi connectivity index (χ1n) is 23.6. The summed E-state index contributed by atoms with van der Waals surface area (Å²) in [6, 6.07) is 80.8. The van der Waals surface area contributed by atoms with Gasteiger partial charge in [0.2, 0.25) is 0 Å². The molecular formula is C64H54N2. The Bertz CT molecular complexity index is 3420. The Kier molecular flexibility index (Phi) is 10.8. The van der Waals surface area contributed by atoms with E-state index in [2.05, 4.69) is 256 Å². The van der Waals surface area contributed by atoms with E-state index in [1.165, 1.54) is 87.9 Å². The maximum atomic E-state index is 2.45. The number of hydrogen-bond donors (Lipinski definition) is 0. The summed E-state index contributed by atoms with van der Waals surface area (Å²) >= 11 is 0. The summed E-state index contributed by atoms with van der Waals surface area (Å²) in [5.74, 6) is 1.20. The highest BCUT2D eigenvalue weighted by Crippen LogP contribution is 2.45. The van der Waals surface area contributed by atoms with Crippen LogP contribution in [0.2, 0.25) is 0 Å². The molecule has 11 rings (SSSR count). The van der Waals surface area contributed by atoms with E-state index in [0.717, 1.165) is 35.6 Å². The Labute approximate surface area is 389 Å². The van der Waals surface area contributed by atoms with E-state index >= 15 is 0 Å². The maximum Gasteiger partial charge on any atom is 0.0541 e. The normalized spacial score (nSPS) is 11.7. The van der Waals surface area contributed by atoms with Crippen LogP contribution in [0.5, 0.6) is 0 Å². The molecule has 320 valence electrons. The van der Waals surface area contributed by atoms with Gasteiger partial charge in [-0.15, -0.1) is 0 Å². The van der Waals surface area contributed by atoms with Crippen molar-refractivity contribution in [2.45, 2.75) is 40.5 Å². The van der Waals surface area contributed by atoms with Gasteiger partial charge in [0.05, 0.1) is 11.0 Å². The summed E-state index contributed by atoms with van der Waals surface area (Å²) in [4.78, 5) is 2.36. The molecule has 0 aliphatic carbocycles. The minimum atomic E-state index is 0.602.